The minimum atomic E-state index is -4.10. The first kappa shape index (κ1) is 30.0. The van der Waals surface area contributed by atoms with Crippen molar-refractivity contribution in [3.63, 3.8) is 0 Å². The Morgan fingerprint density at radius 1 is 1.09 bits per heavy atom. The lowest BCUT2D eigenvalue weighted by molar-refractivity contribution is -0.409. The molecule has 13 nitrogen and oxygen atoms in total. The third-order valence-electron chi connectivity index (χ3n) is 5.39. The molecule has 1 aliphatic heterocycles. The zero-order chi connectivity index (χ0) is 26.1. The van der Waals surface area contributed by atoms with Crippen molar-refractivity contribution in [3.05, 3.63) is 0 Å². The number of nitrogens with one attached hydrogen (secondary N) is 3. The highest BCUT2D eigenvalue weighted by Crippen LogP contribution is 2.39. The van der Waals surface area contributed by atoms with Gasteiger partial charge in [0.15, 0.2) is 0 Å². The highest BCUT2D eigenvalue weighted by molar-refractivity contribution is 5.87. The number of carbonyl (C=O) groups is 3. The van der Waals surface area contributed by atoms with Crippen molar-refractivity contribution < 1.29 is 58.5 Å². The Labute approximate surface area is 194 Å². The molecule has 0 radical (unpaired) electrons. The summed E-state index contributed by atoms with van der Waals surface area (Å²) in [4.78, 5) is 33.7. The number of hydrogen-bond donors (Lipinski definition) is 9. The van der Waals surface area contributed by atoms with Crippen molar-refractivity contribution in [2.45, 2.75) is 62.3 Å². The van der Waals surface area contributed by atoms with Crippen LogP contribution in [0.5, 0.6) is 0 Å². The molecule has 0 aromatic heterocycles. The van der Waals surface area contributed by atoms with Gasteiger partial charge in [-0.2, -0.15) is 8.78 Å². The second-order valence-corrected chi connectivity index (χ2v) is 8.13. The number of alkyl halides is 2. The first-order valence-corrected chi connectivity index (χ1v) is 10.7. The van der Waals surface area contributed by atoms with Crippen molar-refractivity contribution in [2.24, 2.45) is 5.92 Å². The van der Waals surface area contributed by atoms with Gasteiger partial charge in [-0.25, -0.2) is 0 Å². The molecule has 1 rings (SSSR count). The van der Waals surface area contributed by atoms with E-state index in [-0.39, 0.29) is 13.1 Å². The van der Waals surface area contributed by atoms with Crippen LogP contribution in [0.25, 0.3) is 0 Å². The van der Waals surface area contributed by atoms with Crippen molar-refractivity contribution in [2.75, 3.05) is 32.8 Å². The highest BCUT2D eigenvalue weighted by Gasteiger charge is 2.65. The van der Waals surface area contributed by atoms with E-state index < -0.39 is 79.5 Å². The molecule has 1 saturated heterocycles. The molecule has 1 fully saturated rings. The van der Waals surface area contributed by atoms with Crippen LogP contribution in [0.15, 0.2) is 0 Å². The van der Waals surface area contributed by atoms with E-state index in [9.17, 15) is 43.6 Å². The number of halogens is 2. The van der Waals surface area contributed by atoms with Crippen LogP contribution in [0.4, 0.5) is 8.78 Å². The van der Waals surface area contributed by atoms with Crippen LogP contribution in [-0.4, -0.2) is 117 Å². The van der Waals surface area contributed by atoms with E-state index in [0.717, 1.165) is 0 Å². The van der Waals surface area contributed by atoms with Gasteiger partial charge in [0.1, 0.15) is 31.0 Å². The molecular formula is C19H33F2N3O10. The number of aliphatic hydroxyl groups excluding tert-OH is 4. The minimum Gasteiger partial charge on any atom is -0.480 e. The lowest BCUT2D eigenvalue weighted by atomic mass is 9.88. The Kier molecular flexibility index (Phi) is 11.6. The van der Waals surface area contributed by atoms with Gasteiger partial charge >= 0.3 is 11.9 Å². The molecule has 198 valence electrons. The predicted octanol–water partition coefficient (Wildman–Crippen LogP) is -3.50. The van der Waals surface area contributed by atoms with Crippen LogP contribution in [0.3, 0.4) is 0 Å². The number of carboxylic acids is 1. The maximum atomic E-state index is 14.6. The largest absolute Gasteiger partial charge is 0.480 e. The van der Waals surface area contributed by atoms with Crippen LogP contribution in [0, 0.1) is 5.92 Å². The van der Waals surface area contributed by atoms with E-state index in [1.807, 2.05) is 0 Å². The fourth-order valence-electron chi connectivity index (χ4n) is 3.24. The molecule has 0 spiro atoms. The number of carboxylic acid groups (broad SMARTS) is 1. The van der Waals surface area contributed by atoms with Gasteiger partial charge in [-0.1, -0.05) is 13.3 Å². The van der Waals surface area contributed by atoms with E-state index in [0.29, 0.717) is 19.3 Å². The standard InChI is InChI=1S/C19H33F2N3O10/c1-10(17(32)24-6-12(26)23-7-13(27)28)4-2-3-5-22-9-18(20,21)19(33)16(31)15(30)14(29)11(8-25)34-19/h10-11,14-16,22,25,29-31,33H,2-9H2,1H3,(H,23,26)(H,24,32)(H,27,28)/t10-,11+,14-,15-,16+,19?/m0/s1. The topological polar surface area (TPSA) is 218 Å². The summed E-state index contributed by atoms with van der Waals surface area (Å²) in [6, 6.07) is 0. The average Bonchev–Trinajstić information content (AvgIpc) is 2.78. The summed E-state index contributed by atoms with van der Waals surface area (Å²) in [5.41, 5.74) is 0. The van der Waals surface area contributed by atoms with Gasteiger partial charge in [-0.15, -0.1) is 0 Å². The molecule has 6 atom stereocenters. The van der Waals surface area contributed by atoms with Crippen molar-refractivity contribution in [1.29, 1.82) is 0 Å². The molecule has 0 aliphatic carbocycles. The normalized spacial score (nSPS) is 28.2. The van der Waals surface area contributed by atoms with E-state index in [1.54, 1.807) is 6.92 Å². The van der Waals surface area contributed by atoms with Gasteiger partial charge in [-0.05, 0) is 19.4 Å². The first-order chi connectivity index (χ1) is 15.8. The molecule has 2 amide bonds. The molecule has 1 aliphatic rings. The lowest BCUT2D eigenvalue weighted by Gasteiger charge is -2.48. The summed E-state index contributed by atoms with van der Waals surface area (Å²) in [7, 11) is 0. The van der Waals surface area contributed by atoms with Crippen molar-refractivity contribution in [3.8, 4) is 0 Å². The Morgan fingerprint density at radius 2 is 1.74 bits per heavy atom. The summed E-state index contributed by atoms with van der Waals surface area (Å²) in [5.74, 6) is -10.5. The molecular weight excluding hydrogens is 468 g/mol. The summed E-state index contributed by atoms with van der Waals surface area (Å²) in [6.07, 6.45) is -7.14. The smallest absolute Gasteiger partial charge is 0.322 e. The van der Waals surface area contributed by atoms with Gasteiger partial charge in [-0.3, -0.25) is 14.4 Å². The Balaban J connectivity index is 2.37. The zero-order valence-corrected chi connectivity index (χ0v) is 18.6. The maximum Gasteiger partial charge on any atom is 0.322 e. The third-order valence-corrected chi connectivity index (χ3v) is 5.39. The second kappa shape index (κ2) is 13.2. The number of hydrogen-bond acceptors (Lipinski definition) is 10. The van der Waals surface area contributed by atoms with Gasteiger partial charge in [0.25, 0.3) is 5.79 Å². The lowest BCUT2D eigenvalue weighted by Crippen LogP contribution is -2.72. The minimum absolute atomic E-state index is 0.0440. The SMILES string of the molecule is C[C@@H](CCCCNCC(F)(F)C1(O)O[C@H](CO)[C@H](O)[C@H](O)[C@H]1O)C(=O)NCC(=O)NCC(=O)O. The van der Waals surface area contributed by atoms with E-state index in [4.69, 9.17) is 10.2 Å². The Bertz CT molecular complexity index is 699. The number of ether oxygens (including phenoxy) is 1. The van der Waals surface area contributed by atoms with Crippen LogP contribution >= 0.6 is 0 Å². The number of aliphatic hydroxyl groups is 5. The van der Waals surface area contributed by atoms with E-state index in [1.165, 1.54) is 0 Å². The van der Waals surface area contributed by atoms with Crippen LogP contribution in [-0.2, 0) is 19.1 Å². The first-order valence-electron chi connectivity index (χ1n) is 10.7. The monoisotopic (exact) mass is 501 g/mol. The number of amides is 2. The molecule has 1 heterocycles. The molecule has 9 N–H and O–H groups in total. The number of rotatable bonds is 14. The summed E-state index contributed by atoms with van der Waals surface area (Å²) in [5, 5.41) is 63.8. The summed E-state index contributed by atoms with van der Waals surface area (Å²) < 4.78 is 33.8. The molecule has 34 heavy (non-hydrogen) atoms. The average molecular weight is 501 g/mol. The highest BCUT2D eigenvalue weighted by atomic mass is 19.3. The number of carbonyl (C=O) groups excluding carboxylic acids is 2. The summed E-state index contributed by atoms with van der Waals surface area (Å²) >= 11 is 0. The van der Waals surface area contributed by atoms with Crippen molar-refractivity contribution >= 4 is 17.8 Å². The molecule has 0 saturated carbocycles. The quantitative estimate of drug-likeness (QED) is 0.106. The van der Waals surface area contributed by atoms with Crippen LogP contribution in [0.1, 0.15) is 26.2 Å². The summed E-state index contributed by atoms with van der Waals surface area (Å²) in [6.45, 7) is -1.43. The number of unbranched alkanes of at least 4 members (excludes halogenated alkanes) is 1. The molecule has 0 bridgehead atoms. The zero-order valence-electron chi connectivity index (χ0n) is 18.6. The Hall–Kier alpha value is -2.01. The molecule has 0 aromatic rings. The van der Waals surface area contributed by atoms with Gasteiger partial charge in [0, 0.05) is 5.92 Å². The third kappa shape index (κ3) is 8.04. The fraction of sp³-hybridized carbons (Fsp3) is 0.842. The fourth-order valence-corrected chi connectivity index (χ4v) is 3.24. The van der Waals surface area contributed by atoms with Gasteiger partial charge < -0.3 is 51.3 Å². The van der Waals surface area contributed by atoms with Gasteiger partial charge in [0.2, 0.25) is 11.8 Å². The number of aliphatic carboxylic acids is 1. The molecule has 15 heteroatoms. The maximum absolute atomic E-state index is 14.6. The van der Waals surface area contributed by atoms with Crippen LogP contribution < -0.4 is 16.0 Å². The van der Waals surface area contributed by atoms with Crippen LogP contribution in [0.2, 0.25) is 0 Å². The van der Waals surface area contributed by atoms with E-state index >= 15 is 0 Å². The molecule has 0 aromatic carbocycles. The Morgan fingerprint density at radius 3 is 2.32 bits per heavy atom. The van der Waals surface area contributed by atoms with Crippen molar-refractivity contribution in [1.82, 2.24) is 16.0 Å². The van der Waals surface area contributed by atoms with E-state index in [2.05, 4.69) is 20.7 Å². The van der Waals surface area contributed by atoms with Gasteiger partial charge in [0.05, 0.1) is 19.7 Å². The second-order valence-electron chi connectivity index (χ2n) is 8.13. The predicted molar refractivity (Wildman–Crippen MR) is 109 cm³/mol. The molecule has 1 unspecified atom stereocenters.